The summed E-state index contributed by atoms with van der Waals surface area (Å²) in [6.45, 7) is 0.605. The lowest BCUT2D eigenvalue weighted by molar-refractivity contribution is 0.0946. The molecule has 2 N–H and O–H groups in total. The van der Waals surface area contributed by atoms with Crippen LogP contribution < -0.4 is 5.32 Å². The molecule has 0 atom stereocenters. The maximum Gasteiger partial charge on any atom is 0.253 e. The number of carbonyl (C=O) groups excluding carboxylic acids is 1. The zero-order valence-corrected chi connectivity index (χ0v) is 10.8. The molecule has 1 amide bonds. The molecule has 92 valence electrons. The van der Waals surface area contributed by atoms with Crippen molar-refractivity contribution < 1.29 is 9.18 Å². The monoisotopic (exact) mass is 309 g/mol. The fraction of sp³-hybridized carbons (Fsp3) is 0.167. The molecule has 1 aliphatic rings. The van der Waals surface area contributed by atoms with Gasteiger partial charge in [-0.25, -0.2) is 9.37 Å². The fourth-order valence-electron chi connectivity index (χ4n) is 2.06. The Bertz CT molecular complexity index is 638. The lowest BCUT2D eigenvalue weighted by Gasteiger charge is -2.10. The summed E-state index contributed by atoms with van der Waals surface area (Å²) in [6.07, 6.45) is 1.88. The first kappa shape index (κ1) is 11.4. The first-order chi connectivity index (χ1) is 8.65. The molecule has 1 aliphatic heterocycles. The molecule has 0 bridgehead atoms. The number of aromatic nitrogens is 2. The van der Waals surface area contributed by atoms with Crippen molar-refractivity contribution in [1.82, 2.24) is 15.3 Å². The molecular weight excluding hydrogens is 301 g/mol. The number of nitrogens with one attached hydrogen (secondary N) is 2. The molecule has 2 aromatic rings. The van der Waals surface area contributed by atoms with Gasteiger partial charge in [-0.2, -0.15) is 0 Å². The van der Waals surface area contributed by atoms with Crippen molar-refractivity contribution in [3.8, 4) is 11.3 Å². The smallest absolute Gasteiger partial charge is 0.253 e. The number of H-pyrrole nitrogens is 1. The van der Waals surface area contributed by atoms with Crippen LogP contribution in [0.2, 0.25) is 0 Å². The number of aromatic amines is 1. The molecule has 0 radical (unpaired) electrons. The molecule has 0 saturated carbocycles. The molecule has 2 aromatic heterocycles. The summed E-state index contributed by atoms with van der Waals surface area (Å²) in [5, 5.41) is 2.75. The molecule has 3 rings (SSSR count). The number of pyridine rings is 1. The second kappa shape index (κ2) is 4.20. The van der Waals surface area contributed by atoms with Crippen molar-refractivity contribution in [3.63, 3.8) is 0 Å². The largest absolute Gasteiger partial charge is 0.358 e. The molecule has 0 saturated heterocycles. The van der Waals surface area contributed by atoms with E-state index in [1.165, 1.54) is 0 Å². The van der Waals surface area contributed by atoms with Crippen LogP contribution in [0.1, 0.15) is 16.1 Å². The molecular formula is C12H9BrFN3O. The highest BCUT2D eigenvalue weighted by molar-refractivity contribution is 9.10. The number of carbonyl (C=O) groups is 1. The molecule has 18 heavy (non-hydrogen) atoms. The van der Waals surface area contributed by atoms with E-state index in [1.54, 1.807) is 12.1 Å². The Balaban J connectivity index is 2.13. The van der Waals surface area contributed by atoms with Gasteiger partial charge in [-0.3, -0.25) is 4.79 Å². The predicted octanol–water partition coefficient (Wildman–Crippen LogP) is 2.26. The van der Waals surface area contributed by atoms with Crippen LogP contribution in [0.4, 0.5) is 4.39 Å². The van der Waals surface area contributed by atoms with Crippen LogP contribution in [0.25, 0.3) is 11.3 Å². The number of fused-ring (bicyclic) bond motifs is 1. The van der Waals surface area contributed by atoms with E-state index >= 15 is 0 Å². The predicted molar refractivity (Wildman–Crippen MR) is 67.7 cm³/mol. The highest BCUT2D eigenvalue weighted by atomic mass is 79.9. The average Bonchev–Trinajstić information content (AvgIpc) is 2.77. The minimum Gasteiger partial charge on any atom is -0.358 e. The second-order valence-corrected chi connectivity index (χ2v) is 4.88. The lowest BCUT2D eigenvalue weighted by atomic mass is 10.1. The summed E-state index contributed by atoms with van der Waals surface area (Å²) in [5.74, 6) is -0.538. The van der Waals surface area contributed by atoms with Gasteiger partial charge in [-0.15, -0.1) is 0 Å². The maximum atomic E-state index is 13.7. The number of halogens is 2. The molecule has 3 heterocycles. The first-order valence-corrected chi connectivity index (χ1v) is 6.26. The van der Waals surface area contributed by atoms with Crippen LogP contribution in [-0.4, -0.2) is 22.4 Å². The van der Waals surface area contributed by atoms with Crippen LogP contribution in [0.5, 0.6) is 0 Å². The molecule has 6 heteroatoms. The Morgan fingerprint density at radius 2 is 2.17 bits per heavy atom. The van der Waals surface area contributed by atoms with Gasteiger partial charge < -0.3 is 10.3 Å². The number of amides is 1. The van der Waals surface area contributed by atoms with Crippen molar-refractivity contribution in [2.24, 2.45) is 0 Å². The van der Waals surface area contributed by atoms with Crippen molar-refractivity contribution in [3.05, 3.63) is 40.0 Å². The van der Waals surface area contributed by atoms with E-state index in [1.807, 2.05) is 0 Å². The summed E-state index contributed by atoms with van der Waals surface area (Å²) < 4.78 is 14.3. The van der Waals surface area contributed by atoms with Gasteiger partial charge in [0.05, 0.1) is 11.8 Å². The summed E-state index contributed by atoms with van der Waals surface area (Å²) in [4.78, 5) is 18.5. The Kier molecular flexibility index (Phi) is 2.66. The van der Waals surface area contributed by atoms with E-state index in [0.29, 0.717) is 28.0 Å². The van der Waals surface area contributed by atoms with E-state index < -0.39 is 5.82 Å². The zero-order valence-electron chi connectivity index (χ0n) is 9.26. The second-order valence-electron chi connectivity index (χ2n) is 4.07. The quantitative estimate of drug-likeness (QED) is 0.794. The van der Waals surface area contributed by atoms with Crippen LogP contribution in [0, 0.1) is 5.82 Å². The van der Waals surface area contributed by atoms with E-state index in [0.717, 1.165) is 18.3 Å². The van der Waals surface area contributed by atoms with Gasteiger partial charge in [-0.1, -0.05) is 0 Å². The topological polar surface area (TPSA) is 57.8 Å². The third-order valence-corrected chi connectivity index (χ3v) is 3.35. The van der Waals surface area contributed by atoms with Gasteiger partial charge in [-0.05, 0) is 28.1 Å². The van der Waals surface area contributed by atoms with Crippen LogP contribution in [-0.2, 0) is 6.42 Å². The molecule has 0 aliphatic carbocycles. The van der Waals surface area contributed by atoms with Crippen molar-refractivity contribution in [2.45, 2.75) is 6.42 Å². The Hall–Kier alpha value is -1.69. The van der Waals surface area contributed by atoms with Gasteiger partial charge in [0, 0.05) is 29.9 Å². The van der Waals surface area contributed by atoms with Crippen molar-refractivity contribution >= 4 is 21.8 Å². The van der Waals surface area contributed by atoms with Gasteiger partial charge in [0.2, 0.25) is 0 Å². The summed E-state index contributed by atoms with van der Waals surface area (Å²) in [6, 6.07) is 3.26. The zero-order chi connectivity index (χ0) is 12.7. The lowest BCUT2D eigenvalue weighted by Crippen LogP contribution is -2.31. The third-order valence-electron chi connectivity index (χ3n) is 2.92. The molecule has 0 fully saturated rings. The van der Waals surface area contributed by atoms with Crippen molar-refractivity contribution in [1.29, 1.82) is 0 Å². The Morgan fingerprint density at radius 3 is 2.94 bits per heavy atom. The van der Waals surface area contributed by atoms with E-state index in [9.17, 15) is 9.18 Å². The number of hydrogen-bond donors (Lipinski definition) is 2. The number of rotatable bonds is 1. The Labute approximate surface area is 111 Å². The average molecular weight is 310 g/mol. The maximum absolute atomic E-state index is 13.7. The van der Waals surface area contributed by atoms with Gasteiger partial charge in [0.15, 0.2) is 5.82 Å². The van der Waals surface area contributed by atoms with Gasteiger partial charge in [0.25, 0.3) is 5.91 Å². The minimum absolute atomic E-state index is 0.118. The fourth-order valence-corrected chi connectivity index (χ4v) is 2.39. The van der Waals surface area contributed by atoms with E-state index in [2.05, 4.69) is 31.2 Å². The van der Waals surface area contributed by atoms with Crippen LogP contribution in [0.15, 0.2) is 22.9 Å². The number of nitrogens with zero attached hydrogens (tertiary/aromatic N) is 1. The number of hydrogen-bond acceptors (Lipinski definition) is 2. The third kappa shape index (κ3) is 1.82. The highest BCUT2D eigenvalue weighted by Crippen LogP contribution is 2.27. The highest BCUT2D eigenvalue weighted by Gasteiger charge is 2.21. The summed E-state index contributed by atoms with van der Waals surface area (Å²) in [7, 11) is 0. The van der Waals surface area contributed by atoms with Gasteiger partial charge >= 0.3 is 0 Å². The first-order valence-electron chi connectivity index (χ1n) is 5.46. The van der Waals surface area contributed by atoms with Crippen LogP contribution in [0.3, 0.4) is 0 Å². The minimum atomic E-state index is -0.419. The summed E-state index contributed by atoms with van der Waals surface area (Å²) >= 11 is 3.21. The van der Waals surface area contributed by atoms with E-state index in [4.69, 9.17) is 0 Å². The Morgan fingerprint density at radius 1 is 1.33 bits per heavy atom. The summed E-state index contributed by atoms with van der Waals surface area (Å²) in [5.41, 5.74) is 2.43. The molecule has 0 aromatic carbocycles. The normalized spacial score (nSPS) is 14.2. The standard InChI is InChI=1S/C12H9BrFN3O/c13-11-4-6(8(14)5-16-11)10-3-7-9(17-10)1-2-15-12(7)18/h3-5,17H,1-2H2,(H,15,18). The molecule has 0 unspecified atom stereocenters. The van der Waals surface area contributed by atoms with Crippen LogP contribution >= 0.6 is 15.9 Å². The SMILES string of the molecule is O=C1NCCc2[nH]c(-c3cc(Br)ncc3F)cc21. The molecule has 0 spiro atoms. The van der Waals surface area contributed by atoms with E-state index in [-0.39, 0.29) is 5.91 Å². The van der Waals surface area contributed by atoms with Gasteiger partial charge in [0.1, 0.15) is 4.60 Å². The molecule has 4 nitrogen and oxygen atoms in total. The van der Waals surface area contributed by atoms with Crippen molar-refractivity contribution in [2.75, 3.05) is 6.54 Å².